The fraction of sp³-hybridized carbons (Fsp3) is 0.692. The highest BCUT2D eigenvalue weighted by Gasteiger charge is 2.26. The van der Waals surface area contributed by atoms with Gasteiger partial charge in [-0.1, -0.05) is 6.92 Å². The lowest BCUT2D eigenvalue weighted by Gasteiger charge is -2.30. The van der Waals surface area contributed by atoms with E-state index in [2.05, 4.69) is 50.2 Å². The highest BCUT2D eigenvalue weighted by molar-refractivity contribution is 9.13. The first-order chi connectivity index (χ1) is 8.72. The molecule has 1 N–H and O–H groups in total. The molecule has 1 aliphatic rings. The van der Waals surface area contributed by atoms with Gasteiger partial charge >= 0.3 is 0 Å². The quantitative estimate of drug-likeness (QED) is 0.775. The van der Waals surface area contributed by atoms with Crippen molar-refractivity contribution in [1.82, 2.24) is 5.32 Å². The van der Waals surface area contributed by atoms with Gasteiger partial charge < -0.3 is 10.1 Å². The van der Waals surface area contributed by atoms with Crippen LogP contribution in [0.15, 0.2) is 14.3 Å². The second-order valence-corrected chi connectivity index (χ2v) is 7.91. The van der Waals surface area contributed by atoms with Crippen LogP contribution in [-0.2, 0) is 4.74 Å². The zero-order valence-corrected chi connectivity index (χ0v) is 14.5. The van der Waals surface area contributed by atoms with E-state index in [9.17, 15) is 0 Å². The largest absolute Gasteiger partial charge is 0.381 e. The van der Waals surface area contributed by atoms with Crippen LogP contribution in [0.4, 0.5) is 0 Å². The van der Waals surface area contributed by atoms with Gasteiger partial charge in [-0.05, 0) is 69.7 Å². The third kappa shape index (κ3) is 3.79. The number of nitrogens with one attached hydrogen (secondary N) is 1. The van der Waals surface area contributed by atoms with Gasteiger partial charge in [-0.3, -0.25) is 0 Å². The second-order valence-electron chi connectivity index (χ2n) is 4.65. The van der Waals surface area contributed by atoms with Crippen LogP contribution in [0.1, 0.15) is 37.1 Å². The topological polar surface area (TPSA) is 21.3 Å². The average Bonchev–Trinajstić information content (AvgIpc) is 2.71. The zero-order valence-electron chi connectivity index (χ0n) is 10.5. The van der Waals surface area contributed by atoms with E-state index in [4.69, 9.17) is 4.74 Å². The van der Waals surface area contributed by atoms with E-state index in [1.165, 1.54) is 15.1 Å². The van der Waals surface area contributed by atoms with Crippen LogP contribution in [0.2, 0.25) is 0 Å². The molecule has 0 aromatic carbocycles. The molecule has 1 fully saturated rings. The third-order valence-corrected chi connectivity index (χ3v) is 6.66. The van der Waals surface area contributed by atoms with Gasteiger partial charge in [0.1, 0.15) is 0 Å². The number of thiophene rings is 1. The summed E-state index contributed by atoms with van der Waals surface area (Å²) in [7, 11) is 0. The molecule has 0 aliphatic carbocycles. The second kappa shape index (κ2) is 7.39. The van der Waals surface area contributed by atoms with Gasteiger partial charge in [-0.15, -0.1) is 11.3 Å². The molecule has 1 atom stereocenters. The third-order valence-electron chi connectivity index (χ3n) is 3.32. The van der Waals surface area contributed by atoms with Gasteiger partial charge in [0.15, 0.2) is 0 Å². The molecular formula is C13H19Br2NOS. The Morgan fingerprint density at radius 1 is 1.44 bits per heavy atom. The maximum atomic E-state index is 5.48. The normalized spacial score (nSPS) is 19.1. The molecule has 0 radical (unpaired) electrons. The Balaban J connectivity index is 2.12. The summed E-state index contributed by atoms with van der Waals surface area (Å²) < 4.78 is 7.83. The fourth-order valence-electron chi connectivity index (χ4n) is 2.37. The highest BCUT2D eigenvalue weighted by Crippen LogP contribution is 2.39. The van der Waals surface area contributed by atoms with Crippen molar-refractivity contribution in [2.75, 3.05) is 19.8 Å². The minimum Gasteiger partial charge on any atom is -0.381 e. The van der Waals surface area contributed by atoms with Crippen molar-refractivity contribution in [3.05, 3.63) is 19.2 Å². The van der Waals surface area contributed by atoms with E-state index in [1.807, 2.05) is 11.3 Å². The van der Waals surface area contributed by atoms with Crippen LogP contribution >= 0.6 is 43.2 Å². The minimum absolute atomic E-state index is 0.474. The van der Waals surface area contributed by atoms with E-state index in [1.54, 1.807) is 0 Å². The maximum Gasteiger partial charge on any atom is 0.0843 e. The summed E-state index contributed by atoms with van der Waals surface area (Å²) in [5.41, 5.74) is 0. The van der Waals surface area contributed by atoms with E-state index in [-0.39, 0.29) is 0 Å². The first kappa shape index (κ1) is 15.0. The summed E-state index contributed by atoms with van der Waals surface area (Å²) in [6.07, 6.45) is 3.50. The van der Waals surface area contributed by atoms with Gasteiger partial charge in [0, 0.05) is 28.6 Å². The van der Waals surface area contributed by atoms with Crippen molar-refractivity contribution in [2.45, 2.75) is 32.2 Å². The van der Waals surface area contributed by atoms with E-state index < -0.39 is 0 Å². The monoisotopic (exact) mass is 395 g/mol. The summed E-state index contributed by atoms with van der Waals surface area (Å²) in [5, 5.41) is 3.71. The molecule has 1 aromatic heterocycles. The number of hydrogen-bond acceptors (Lipinski definition) is 3. The summed E-state index contributed by atoms with van der Waals surface area (Å²) in [6.45, 7) is 5.11. The van der Waals surface area contributed by atoms with E-state index in [0.29, 0.717) is 12.0 Å². The standard InChI is InChI=1S/C13H19Br2NOS/c1-2-5-16-12(9-3-6-17-7-4-9)11-8-10(14)13(15)18-11/h8-9,12,16H,2-7H2,1H3. The number of hydrogen-bond donors (Lipinski definition) is 1. The SMILES string of the molecule is CCCNC(c1cc(Br)c(Br)s1)C1CCOCC1. The number of ether oxygens (including phenoxy) is 1. The van der Waals surface area contributed by atoms with Crippen LogP contribution in [0.3, 0.4) is 0 Å². The molecular weight excluding hydrogens is 378 g/mol. The predicted molar refractivity (Wildman–Crippen MR) is 84.3 cm³/mol. The first-order valence-corrected chi connectivity index (χ1v) is 8.88. The Morgan fingerprint density at radius 3 is 2.72 bits per heavy atom. The molecule has 0 spiro atoms. The number of halogens is 2. The Morgan fingerprint density at radius 2 is 2.17 bits per heavy atom. The molecule has 5 heteroatoms. The zero-order chi connectivity index (χ0) is 13.0. The molecule has 1 saturated heterocycles. The summed E-state index contributed by atoms with van der Waals surface area (Å²) in [5.74, 6) is 0.697. The fourth-order valence-corrected chi connectivity index (χ4v) is 4.62. The van der Waals surface area contributed by atoms with Gasteiger partial charge in [-0.2, -0.15) is 0 Å². The van der Waals surface area contributed by atoms with Gasteiger partial charge in [0.2, 0.25) is 0 Å². The average molecular weight is 397 g/mol. The van der Waals surface area contributed by atoms with Crippen molar-refractivity contribution in [1.29, 1.82) is 0 Å². The molecule has 1 aliphatic heterocycles. The van der Waals surface area contributed by atoms with E-state index in [0.717, 1.165) is 37.1 Å². The first-order valence-electron chi connectivity index (χ1n) is 6.48. The lowest BCUT2D eigenvalue weighted by atomic mass is 9.90. The number of rotatable bonds is 5. The Kier molecular flexibility index (Phi) is 6.15. The van der Waals surface area contributed by atoms with Crippen molar-refractivity contribution >= 4 is 43.2 Å². The van der Waals surface area contributed by atoms with Crippen LogP contribution in [0, 0.1) is 5.92 Å². The van der Waals surface area contributed by atoms with Gasteiger partial charge in [-0.25, -0.2) is 0 Å². The van der Waals surface area contributed by atoms with Crippen molar-refractivity contribution in [3.8, 4) is 0 Å². The van der Waals surface area contributed by atoms with Crippen molar-refractivity contribution in [3.63, 3.8) is 0 Å². The predicted octanol–water partition coefficient (Wildman–Crippen LogP) is 4.74. The van der Waals surface area contributed by atoms with Crippen LogP contribution < -0.4 is 5.32 Å². The molecule has 2 heterocycles. The summed E-state index contributed by atoms with van der Waals surface area (Å²) in [4.78, 5) is 1.43. The van der Waals surface area contributed by atoms with E-state index >= 15 is 0 Å². The van der Waals surface area contributed by atoms with Crippen molar-refractivity contribution < 1.29 is 4.74 Å². The highest BCUT2D eigenvalue weighted by atomic mass is 79.9. The molecule has 1 aromatic rings. The summed E-state index contributed by atoms with van der Waals surface area (Å²) >= 11 is 9.02. The molecule has 2 nitrogen and oxygen atoms in total. The van der Waals surface area contributed by atoms with Gasteiger partial charge in [0.05, 0.1) is 3.79 Å². The molecule has 102 valence electrons. The molecule has 1 unspecified atom stereocenters. The smallest absolute Gasteiger partial charge is 0.0843 e. The maximum absolute atomic E-state index is 5.48. The molecule has 0 amide bonds. The Hall–Kier alpha value is 0.580. The molecule has 18 heavy (non-hydrogen) atoms. The summed E-state index contributed by atoms with van der Waals surface area (Å²) in [6, 6.07) is 2.72. The van der Waals surface area contributed by atoms with Gasteiger partial charge in [0.25, 0.3) is 0 Å². The van der Waals surface area contributed by atoms with Crippen LogP contribution in [-0.4, -0.2) is 19.8 Å². The lowest BCUT2D eigenvalue weighted by molar-refractivity contribution is 0.0540. The Bertz CT molecular complexity index is 358. The van der Waals surface area contributed by atoms with Crippen LogP contribution in [0.5, 0.6) is 0 Å². The lowest BCUT2D eigenvalue weighted by Crippen LogP contribution is -2.32. The molecule has 2 rings (SSSR count). The molecule has 0 bridgehead atoms. The Labute approximate surface area is 130 Å². The molecule has 0 saturated carbocycles. The van der Waals surface area contributed by atoms with Crippen LogP contribution in [0.25, 0.3) is 0 Å². The minimum atomic E-state index is 0.474. The van der Waals surface area contributed by atoms with Crippen molar-refractivity contribution in [2.24, 2.45) is 5.92 Å².